The van der Waals surface area contributed by atoms with Crippen molar-refractivity contribution in [1.29, 1.82) is 0 Å². The summed E-state index contributed by atoms with van der Waals surface area (Å²) in [4.78, 5) is 6.40. The minimum Gasteiger partial charge on any atom is -0.307 e. The summed E-state index contributed by atoms with van der Waals surface area (Å²) in [6.07, 6.45) is 2.66. The minimum atomic E-state index is 0.172. The maximum absolute atomic E-state index is 4.93. The van der Waals surface area contributed by atoms with Gasteiger partial charge >= 0.3 is 0 Å². The molecule has 1 aromatic heterocycles. The highest BCUT2D eigenvalue weighted by molar-refractivity contribution is 7.99. The van der Waals surface area contributed by atoms with Gasteiger partial charge in [0.25, 0.3) is 0 Å². The molecule has 0 spiro atoms. The fraction of sp³-hybridized carbons (Fsp3) is 0.812. The van der Waals surface area contributed by atoms with Crippen molar-refractivity contribution in [1.82, 2.24) is 10.3 Å². The molecule has 114 valence electrons. The van der Waals surface area contributed by atoms with Crippen molar-refractivity contribution in [2.24, 2.45) is 0 Å². The number of hydrogen-bond acceptors (Lipinski definition) is 4. The molecule has 0 unspecified atom stereocenters. The van der Waals surface area contributed by atoms with Crippen molar-refractivity contribution in [3.63, 3.8) is 0 Å². The zero-order valence-corrected chi connectivity index (χ0v) is 15.3. The van der Waals surface area contributed by atoms with Crippen LogP contribution in [0, 0.1) is 0 Å². The van der Waals surface area contributed by atoms with Gasteiger partial charge in [0.15, 0.2) is 0 Å². The normalized spacial score (nSPS) is 16.7. The van der Waals surface area contributed by atoms with Crippen molar-refractivity contribution < 1.29 is 0 Å². The standard InChI is InChI=1S/C16H28N2S2/c1-15(2,3)17-9-12-14(11-7-8-11)18-13(20-12)10-19-16(4,5)6/h11,17H,7-10H2,1-6H3. The van der Waals surface area contributed by atoms with E-state index in [0.717, 1.165) is 18.2 Å². The SMILES string of the molecule is CC(C)(C)NCc1sc(CSC(C)(C)C)nc1C1CC1. The van der Waals surface area contributed by atoms with E-state index in [1.54, 1.807) is 0 Å². The first-order valence-corrected chi connectivity index (χ1v) is 9.32. The van der Waals surface area contributed by atoms with Crippen LogP contribution in [0.3, 0.4) is 0 Å². The van der Waals surface area contributed by atoms with Crippen molar-refractivity contribution in [3.8, 4) is 0 Å². The molecule has 1 heterocycles. The first-order chi connectivity index (χ1) is 9.14. The summed E-state index contributed by atoms with van der Waals surface area (Å²) in [6.45, 7) is 14.5. The third-order valence-electron chi connectivity index (χ3n) is 3.14. The lowest BCUT2D eigenvalue weighted by molar-refractivity contribution is 0.425. The monoisotopic (exact) mass is 312 g/mol. The summed E-state index contributed by atoms with van der Waals surface area (Å²) < 4.78 is 0.315. The van der Waals surface area contributed by atoms with Crippen LogP contribution in [0.2, 0.25) is 0 Å². The van der Waals surface area contributed by atoms with Crippen LogP contribution >= 0.6 is 23.1 Å². The number of hydrogen-bond donors (Lipinski definition) is 1. The first-order valence-electron chi connectivity index (χ1n) is 7.51. The Morgan fingerprint density at radius 2 is 1.85 bits per heavy atom. The Balaban J connectivity index is 2.04. The highest BCUT2D eigenvalue weighted by atomic mass is 32.2. The van der Waals surface area contributed by atoms with Crippen LogP contribution in [-0.2, 0) is 12.3 Å². The molecule has 0 atom stereocenters. The van der Waals surface area contributed by atoms with E-state index in [9.17, 15) is 0 Å². The summed E-state index contributed by atoms with van der Waals surface area (Å²) in [5.74, 6) is 1.79. The average Bonchev–Trinajstić information content (AvgIpc) is 3.03. The highest BCUT2D eigenvalue weighted by Crippen LogP contribution is 2.43. The zero-order valence-electron chi connectivity index (χ0n) is 13.7. The van der Waals surface area contributed by atoms with E-state index in [1.165, 1.54) is 28.4 Å². The molecule has 1 aromatic rings. The molecule has 0 radical (unpaired) electrons. The van der Waals surface area contributed by atoms with Gasteiger partial charge in [-0.15, -0.1) is 23.1 Å². The van der Waals surface area contributed by atoms with E-state index >= 15 is 0 Å². The number of aromatic nitrogens is 1. The topological polar surface area (TPSA) is 24.9 Å². The first kappa shape index (κ1) is 16.3. The Labute approximate surface area is 132 Å². The molecule has 1 aliphatic carbocycles. The van der Waals surface area contributed by atoms with Crippen LogP contribution in [0.4, 0.5) is 0 Å². The van der Waals surface area contributed by atoms with Crippen LogP contribution in [0.25, 0.3) is 0 Å². The largest absolute Gasteiger partial charge is 0.307 e. The van der Waals surface area contributed by atoms with Crippen molar-refractivity contribution >= 4 is 23.1 Å². The summed E-state index contributed by atoms with van der Waals surface area (Å²) >= 11 is 3.91. The van der Waals surface area contributed by atoms with Gasteiger partial charge < -0.3 is 5.32 Å². The molecule has 4 heteroatoms. The third-order valence-corrected chi connectivity index (χ3v) is 5.68. The summed E-state index contributed by atoms with van der Waals surface area (Å²) in [5, 5.41) is 4.91. The fourth-order valence-corrected chi connectivity index (χ4v) is 3.82. The van der Waals surface area contributed by atoms with Crippen molar-refractivity contribution in [3.05, 3.63) is 15.6 Å². The molecule has 0 amide bonds. The van der Waals surface area contributed by atoms with Gasteiger partial charge in [0.1, 0.15) is 5.01 Å². The predicted octanol–water partition coefficient (Wildman–Crippen LogP) is 4.94. The number of thioether (sulfide) groups is 1. The van der Waals surface area contributed by atoms with Crippen LogP contribution in [0.15, 0.2) is 0 Å². The van der Waals surface area contributed by atoms with Crippen molar-refractivity contribution in [2.45, 2.75) is 82.9 Å². The lowest BCUT2D eigenvalue weighted by Crippen LogP contribution is -2.35. The molecule has 1 saturated carbocycles. The van der Waals surface area contributed by atoms with Gasteiger partial charge in [-0.2, -0.15) is 0 Å². The van der Waals surface area contributed by atoms with Crippen LogP contribution in [0.5, 0.6) is 0 Å². The molecule has 1 aliphatic rings. The van der Waals surface area contributed by atoms with E-state index in [1.807, 2.05) is 23.1 Å². The number of nitrogens with one attached hydrogen (secondary N) is 1. The Kier molecular flexibility index (Phi) is 4.87. The van der Waals surface area contributed by atoms with Gasteiger partial charge in [0.05, 0.1) is 5.69 Å². The van der Waals surface area contributed by atoms with Gasteiger partial charge in [0, 0.05) is 33.4 Å². The van der Waals surface area contributed by atoms with E-state index in [-0.39, 0.29) is 5.54 Å². The van der Waals surface area contributed by atoms with Crippen LogP contribution < -0.4 is 5.32 Å². The molecular weight excluding hydrogens is 284 g/mol. The summed E-state index contributed by atoms with van der Waals surface area (Å²) in [6, 6.07) is 0. The lowest BCUT2D eigenvalue weighted by Gasteiger charge is -2.20. The minimum absolute atomic E-state index is 0.172. The molecule has 0 bridgehead atoms. The van der Waals surface area contributed by atoms with Crippen molar-refractivity contribution in [2.75, 3.05) is 0 Å². The lowest BCUT2D eigenvalue weighted by atomic mass is 10.1. The molecule has 1 fully saturated rings. The summed E-state index contributed by atoms with van der Waals surface area (Å²) in [5.41, 5.74) is 1.56. The molecule has 1 N–H and O–H groups in total. The van der Waals surface area contributed by atoms with Gasteiger partial charge in [-0.25, -0.2) is 4.98 Å². The quantitative estimate of drug-likeness (QED) is 0.833. The van der Waals surface area contributed by atoms with Gasteiger partial charge in [-0.1, -0.05) is 20.8 Å². The van der Waals surface area contributed by atoms with Crippen LogP contribution in [0.1, 0.15) is 75.9 Å². The Bertz CT molecular complexity index is 448. The Morgan fingerprint density at radius 3 is 2.35 bits per heavy atom. The smallest absolute Gasteiger partial charge is 0.103 e. The number of thiazole rings is 1. The van der Waals surface area contributed by atoms with Crippen LogP contribution in [-0.4, -0.2) is 15.3 Å². The molecule has 2 nitrogen and oxygen atoms in total. The van der Waals surface area contributed by atoms with Gasteiger partial charge in [0.2, 0.25) is 0 Å². The van der Waals surface area contributed by atoms with Gasteiger partial charge in [-0.05, 0) is 33.6 Å². The maximum Gasteiger partial charge on any atom is 0.103 e. The Morgan fingerprint density at radius 1 is 1.20 bits per heavy atom. The second-order valence-electron chi connectivity index (χ2n) is 7.69. The molecule has 0 aliphatic heterocycles. The van der Waals surface area contributed by atoms with E-state index in [0.29, 0.717) is 4.75 Å². The average molecular weight is 313 g/mol. The second-order valence-corrected chi connectivity index (χ2v) is 10.7. The molecule has 20 heavy (non-hydrogen) atoms. The fourth-order valence-electron chi connectivity index (χ4n) is 1.90. The van der Waals surface area contributed by atoms with E-state index in [4.69, 9.17) is 4.98 Å². The molecular formula is C16H28N2S2. The number of nitrogens with zero attached hydrogens (tertiary/aromatic N) is 1. The molecule has 0 aromatic carbocycles. The van der Waals surface area contributed by atoms with E-state index < -0.39 is 0 Å². The highest BCUT2D eigenvalue weighted by Gasteiger charge is 2.30. The molecule has 0 saturated heterocycles. The van der Waals surface area contributed by atoms with E-state index in [2.05, 4.69) is 46.9 Å². The zero-order chi connectivity index (χ0) is 15.0. The molecule has 2 rings (SSSR count). The third kappa shape index (κ3) is 5.38. The van der Waals surface area contributed by atoms with Gasteiger partial charge in [-0.3, -0.25) is 0 Å². The predicted molar refractivity (Wildman–Crippen MR) is 91.7 cm³/mol. The summed E-state index contributed by atoms with van der Waals surface area (Å²) in [7, 11) is 0. The maximum atomic E-state index is 4.93. The Hall–Kier alpha value is -0.0600. The number of rotatable bonds is 5. The second kappa shape index (κ2) is 5.98.